The lowest BCUT2D eigenvalue weighted by Gasteiger charge is -2.25. The molecule has 7 nitrogen and oxygen atoms in total. The normalized spacial score (nSPS) is 12.5. The van der Waals surface area contributed by atoms with Gasteiger partial charge in [0.1, 0.15) is 12.2 Å². The van der Waals surface area contributed by atoms with Gasteiger partial charge in [0, 0.05) is 26.2 Å². The van der Waals surface area contributed by atoms with Gasteiger partial charge in [0.2, 0.25) is 0 Å². The molecule has 0 spiro atoms. The van der Waals surface area contributed by atoms with Gasteiger partial charge in [-0.2, -0.15) is 5.10 Å². The van der Waals surface area contributed by atoms with E-state index in [-0.39, 0.29) is 12.1 Å². The zero-order valence-corrected chi connectivity index (χ0v) is 13.1. The second kappa shape index (κ2) is 7.84. The third-order valence-corrected chi connectivity index (χ3v) is 3.16. The molecule has 1 aromatic rings. The first-order valence-corrected chi connectivity index (χ1v) is 7.07. The van der Waals surface area contributed by atoms with E-state index in [0.717, 1.165) is 18.9 Å². The summed E-state index contributed by atoms with van der Waals surface area (Å²) in [5.74, 6) is 0.782. The van der Waals surface area contributed by atoms with Crippen LogP contribution < -0.4 is 5.32 Å². The van der Waals surface area contributed by atoms with Gasteiger partial charge in [-0.05, 0) is 34.9 Å². The second-order valence-electron chi connectivity index (χ2n) is 4.99. The fraction of sp³-hybridized carbons (Fsp3) is 0.769. The van der Waals surface area contributed by atoms with Crippen LogP contribution in [0.4, 0.5) is 4.79 Å². The van der Waals surface area contributed by atoms with Gasteiger partial charge in [0.25, 0.3) is 0 Å². The van der Waals surface area contributed by atoms with E-state index in [2.05, 4.69) is 20.3 Å². The molecule has 0 bridgehead atoms. The number of nitrogens with zero attached hydrogens (tertiary/aromatic N) is 5. The Bertz CT molecular complexity index is 417. The van der Waals surface area contributed by atoms with Gasteiger partial charge in [-0.15, -0.1) is 0 Å². The van der Waals surface area contributed by atoms with Crippen LogP contribution in [0.3, 0.4) is 0 Å². The Morgan fingerprint density at radius 2 is 2.10 bits per heavy atom. The highest BCUT2D eigenvalue weighted by molar-refractivity contribution is 5.74. The summed E-state index contributed by atoms with van der Waals surface area (Å²) in [5, 5.41) is 7.10. The van der Waals surface area contributed by atoms with E-state index in [1.807, 2.05) is 34.9 Å². The third-order valence-electron chi connectivity index (χ3n) is 3.16. The van der Waals surface area contributed by atoms with Gasteiger partial charge >= 0.3 is 6.03 Å². The fourth-order valence-corrected chi connectivity index (χ4v) is 1.92. The number of aryl methyl sites for hydroxylation is 1. The van der Waals surface area contributed by atoms with Gasteiger partial charge in [0.15, 0.2) is 0 Å². The smallest absolute Gasteiger partial charge is 0.318 e. The SMILES string of the molecule is CCN(CCN(C)C)C(=O)N[C@@H](C)c1ncnn1CC. The molecule has 1 heterocycles. The Morgan fingerprint density at radius 3 is 2.65 bits per heavy atom. The van der Waals surface area contributed by atoms with E-state index in [0.29, 0.717) is 13.1 Å². The monoisotopic (exact) mass is 282 g/mol. The molecule has 0 radical (unpaired) electrons. The van der Waals surface area contributed by atoms with E-state index in [1.165, 1.54) is 6.33 Å². The van der Waals surface area contributed by atoms with E-state index in [9.17, 15) is 4.79 Å². The molecule has 0 aliphatic carbocycles. The first-order chi connectivity index (χ1) is 9.49. The quantitative estimate of drug-likeness (QED) is 0.808. The number of urea groups is 1. The number of carbonyl (C=O) groups excluding carboxylic acids is 1. The molecular formula is C13H26N6O. The maximum atomic E-state index is 12.2. The number of nitrogens with one attached hydrogen (secondary N) is 1. The van der Waals surface area contributed by atoms with Crippen molar-refractivity contribution in [2.24, 2.45) is 0 Å². The molecule has 0 aliphatic rings. The highest BCUT2D eigenvalue weighted by Crippen LogP contribution is 2.08. The molecule has 0 saturated carbocycles. The van der Waals surface area contributed by atoms with Crippen LogP contribution in [0.15, 0.2) is 6.33 Å². The molecule has 0 aliphatic heterocycles. The van der Waals surface area contributed by atoms with Crippen molar-refractivity contribution < 1.29 is 4.79 Å². The molecule has 0 aromatic carbocycles. The van der Waals surface area contributed by atoms with Crippen LogP contribution in [0.1, 0.15) is 32.6 Å². The maximum absolute atomic E-state index is 12.2. The van der Waals surface area contributed by atoms with Gasteiger partial charge in [-0.1, -0.05) is 0 Å². The summed E-state index contributed by atoms with van der Waals surface area (Å²) in [5.41, 5.74) is 0. The molecule has 1 atom stereocenters. The van der Waals surface area contributed by atoms with Crippen LogP contribution in [0, 0.1) is 0 Å². The molecular weight excluding hydrogens is 256 g/mol. The summed E-state index contributed by atoms with van der Waals surface area (Å²) in [6, 6.07) is -0.217. The molecule has 20 heavy (non-hydrogen) atoms. The number of rotatable bonds is 7. The van der Waals surface area contributed by atoms with Crippen molar-refractivity contribution in [2.45, 2.75) is 33.4 Å². The van der Waals surface area contributed by atoms with Crippen molar-refractivity contribution in [3.05, 3.63) is 12.2 Å². The number of likely N-dealkylation sites (N-methyl/N-ethyl adjacent to an activating group) is 2. The summed E-state index contributed by atoms with van der Waals surface area (Å²) in [4.78, 5) is 20.3. The molecule has 0 unspecified atom stereocenters. The standard InChI is InChI=1S/C13H26N6O/c1-6-18(9-8-17(4)5)13(20)16-11(3)12-14-10-15-19(12)7-2/h10-11H,6-9H2,1-5H3,(H,16,20)/t11-/m0/s1. The molecule has 0 saturated heterocycles. The topological polar surface area (TPSA) is 66.3 Å². The third kappa shape index (κ3) is 4.48. The molecule has 2 amide bonds. The van der Waals surface area contributed by atoms with Gasteiger partial charge in [0.05, 0.1) is 6.04 Å². The maximum Gasteiger partial charge on any atom is 0.318 e. The number of amides is 2. The molecule has 114 valence electrons. The Balaban J connectivity index is 2.59. The van der Waals surface area contributed by atoms with Crippen molar-refractivity contribution in [3.8, 4) is 0 Å². The summed E-state index contributed by atoms with van der Waals surface area (Å²) in [7, 11) is 4.00. The predicted molar refractivity (Wildman–Crippen MR) is 78.4 cm³/mol. The van der Waals surface area contributed by atoms with Gasteiger partial charge < -0.3 is 15.1 Å². The minimum atomic E-state index is -0.154. The molecule has 7 heteroatoms. The number of aromatic nitrogens is 3. The fourth-order valence-electron chi connectivity index (χ4n) is 1.92. The summed E-state index contributed by atoms with van der Waals surface area (Å²) < 4.78 is 1.79. The van der Waals surface area contributed by atoms with Crippen LogP contribution in [0.2, 0.25) is 0 Å². The zero-order chi connectivity index (χ0) is 15.1. The summed E-state index contributed by atoms with van der Waals surface area (Å²) in [6.45, 7) is 8.90. The van der Waals surface area contributed by atoms with E-state index >= 15 is 0 Å². The van der Waals surface area contributed by atoms with Crippen LogP contribution in [0.5, 0.6) is 0 Å². The average molecular weight is 282 g/mol. The van der Waals surface area contributed by atoms with Gasteiger partial charge in [-0.25, -0.2) is 14.5 Å². The Labute approximate surface area is 121 Å². The van der Waals surface area contributed by atoms with Crippen LogP contribution >= 0.6 is 0 Å². The van der Waals surface area contributed by atoms with Crippen LogP contribution in [0.25, 0.3) is 0 Å². The summed E-state index contributed by atoms with van der Waals surface area (Å²) >= 11 is 0. The van der Waals surface area contributed by atoms with Crippen molar-refractivity contribution in [1.29, 1.82) is 0 Å². The van der Waals surface area contributed by atoms with Crippen molar-refractivity contribution in [2.75, 3.05) is 33.7 Å². The predicted octanol–water partition coefficient (Wildman–Crippen LogP) is 0.952. The van der Waals surface area contributed by atoms with E-state index < -0.39 is 0 Å². The lowest BCUT2D eigenvalue weighted by atomic mass is 10.3. The Kier molecular flexibility index (Phi) is 6.44. The lowest BCUT2D eigenvalue weighted by Crippen LogP contribution is -2.44. The van der Waals surface area contributed by atoms with Crippen LogP contribution in [-0.2, 0) is 6.54 Å². The van der Waals surface area contributed by atoms with E-state index in [4.69, 9.17) is 0 Å². The van der Waals surface area contributed by atoms with Crippen molar-refractivity contribution in [1.82, 2.24) is 29.9 Å². The van der Waals surface area contributed by atoms with Crippen LogP contribution in [-0.4, -0.2) is 64.3 Å². The minimum Gasteiger partial charge on any atom is -0.328 e. The van der Waals surface area contributed by atoms with Crippen molar-refractivity contribution in [3.63, 3.8) is 0 Å². The highest BCUT2D eigenvalue weighted by atomic mass is 16.2. The lowest BCUT2D eigenvalue weighted by molar-refractivity contribution is 0.191. The average Bonchev–Trinajstić information content (AvgIpc) is 2.87. The minimum absolute atomic E-state index is 0.0625. The first-order valence-electron chi connectivity index (χ1n) is 7.07. The Hall–Kier alpha value is -1.63. The first kappa shape index (κ1) is 16.4. The van der Waals surface area contributed by atoms with Crippen molar-refractivity contribution >= 4 is 6.03 Å². The number of hydrogen-bond donors (Lipinski definition) is 1. The summed E-state index contributed by atoms with van der Waals surface area (Å²) in [6.07, 6.45) is 1.52. The zero-order valence-electron chi connectivity index (χ0n) is 13.1. The largest absolute Gasteiger partial charge is 0.328 e. The van der Waals surface area contributed by atoms with Gasteiger partial charge in [-0.3, -0.25) is 0 Å². The highest BCUT2D eigenvalue weighted by Gasteiger charge is 2.18. The number of hydrogen-bond acceptors (Lipinski definition) is 4. The molecule has 0 fully saturated rings. The van der Waals surface area contributed by atoms with E-state index in [1.54, 1.807) is 9.58 Å². The Morgan fingerprint density at radius 1 is 1.40 bits per heavy atom. The second-order valence-corrected chi connectivity index (χ2v) is 4.99. The molecule has 1 rings (SSSR count). The molecule has 1 aromatic heterocycles. The number of carbonyl (C=O) groups is 1. The molecule has 1 N–H and O–H groups in total.